The average Bonchev–Trinajstić information content (AvgIpc) is 2.15. The predicted molar refractivity (Wildman–Crippen MR) is 71.8 cm³/mol. The first kappa shape index (κ1) is 14.2. The molecule has 1 aromatic rings. The van der Waals surface area contributed by atoms with Crippen LogP contribution in [0.15, 0.2) is 24.3 Å². The average molecular weight is 254 g/mol. The second kappa shape index (κ2) is 5.66. The molecular formula is C13H22O3Si. The van der Waals surface area contributed by atoms with Gasteiger partial charge < -0.3 is 14.0 Å². The SMILES string of the molecule is CC(C)O[Si](C)(OC(C)C)c1ccc(O)cc1. The van der Waals surface area contributed by atoms with Crippen molar-refractivity contribution < 1.29 is 14.0 Å². The normalized spacial score (nSPS) is 12.4. The maximum Gasteiger partial charge on any atom is 0.369 e. The van der Waals surface area contributed by atoms with Crippen LogP contribution in [0.1, 0.15) is 27.7 Å². The van der Waals surface area contributed by atoms with Crippen LogP contribution in [0, 0.1) is 0 Å². The van der Waals surface area contributed by atoms with Crippen LogP contribution in [0.5, 0.6) is 5.75 Å². The van der Waals surface area contributed by atoms with Crippen LogP contribution in [0.2, 0.25) is 6.55 Å². The van der Waals surface area contributed by atoms with Crippen LogP contribution in [-0.2, 0) is 8.85 Å². The van der Waals surface area contributed by atoms with E-state index in [1.165, 1.54) is 0 Å². The Morgan fingerprint density at radius 2 is 1.35 bits per heavy atom. The third-order valence-electron chi connectivity index (χ3n) is 2.31. The summed E-state index contributed by atoms with van der Waals surface area (Å²) in [5.74, 6) is 0.263. The Hall–Kier alpha value is -0.843. The van der Waals surface area contributed by atoms with Crippen molar-refractivity contribution in [1.29, 1.82) is 0 Å². The Bertz CT molecular complexity index is 336. The highest BCUT2D eigenvalue weighted by Crippen LogP contribution is 2.15. The molecule has 0 radical (unpaired) electrons. The van der Waals surface area contributed by atoms with Crippen molar-refractivity contribution in [2.45, 2.75) is 46.4 Å². The van der Waals surface area contributed by atoms with Crippen molar-refractivity contribution in [3.05, 3.63) is 24.3 Å². The van der Waals surface area contributed by atoms with Crippen molar-refractivity contribution in [2.24, 2.45) is 0 Å². The van der Waals surface area contributed by atoms with Crippen LogP contribution < -0.4 is 5.19 Å². The van der Waals surface area contributed by atoms with Crippen molar-refractivity contribution in [1.82, 2.24) is 0 Å². The largest absolute Gasteiger partial charge is 0.508 e. The maximum atomic E-state index is 9.32. The second-order valence-electron chi connectivity index (χ2n) is 4.83. The van der Waals surface area contributed by atoms with E-state index in [-0.39, 0.29) is 18.0 Å². The molecule has 0 unspecified atom stereocenters. The summed E-state index contributed by atoms with van der Waals surface area (Å²) < 4.78 is 12.0. The third-order valence-corrected chi connectivity index (χ3v) is 5.54. The molecular weight excluding hydrogens is 232 g/mol. The quantitative estimate of drug-likeness (QED) is 0.821. The summed E-state index contributed by atoms with van der Waals surface area (Å²) in [7, 11) is -2.39. The molecule has 4 heteroatoms. The van der Waals surface area contributed by atoms with Gasteiger partial charge in [-0.15, -0.1) is 0 Å². The summed E-state index contributed by atoms with van der Waals surface area (Å²) in [5.41, 5.74) is 0. The van der Waals surface area contributed by atoms with E-state index in [4.69, 9.17) is 8.85 Å². The van der Waals surface area contributed by atoms with Gasteiger partial charge in [0, 0.05) is 12.2 Å². The summed E-state index contributed by atoms with van der Waals surface area (Å²) in [6.07, 6.45) is 0.249. The van der Waals surface area contributed by atoms with Crippen molar-refractivity contribution in [2.75, 3.05) is 0 Å². The highest BCUT2D eigenvalue weighted by molar-refractivity contribution is 6.80. The Labute approximate surface area is 105 Å². The molecule has 0 aliphatic carbocycles. The van der Waals surface area contributed by atoms with E-state index in [9.17, 15) is 5.11 Å². The molecule has 0 atom stereocenters. The van der Waals surface area contributed by atoms with Crippen molar-refractivity contribution >= 4 is 13.7 Å². The molecule has 0 aromatic heterocycles. The standard InChI is InChI=1S/C13H22O3Si/c1-10(2)15-17(5,16-11(3)4)13-8-6-12(14)7-9-13/h6-11,14H,1-5H3. The highest BCUT2D eigenvalue weighted by atomic mass is 28.4. The van der Waals surface area contributed by atoms with Crippen molar-refractivity contribution in [3.63, 3.8) is 0 Å². The molecule has 0 aliphatic rings. The molecule has 1 N–H and O–H groups in total. The van der Waals surface area contributed by atoms with Gasteiger partial charge in [-0.25, -0.2) is 0 Å². The first-order chi connectivity index (χ1) is 7.83. The lowest BCUT2D eigenvalue weighted by Crippen LogP contribution is -2.53. The molecule has 0 amide bonds. The zero-order valence-electron chi connectivity index (χ0n) is 11.2. The Kier molecular flexibility index (Phi) is 4.74. The minimum absolute atomic E-state index is 0.124. The Morgan fingerprint density at radius 1 is 0.941 bits per heavy atom. The molecule has 0 spiro atoms. The third kappa shape index (κ3) is 4.15. The van der Waals surface area contributed by atoms with E-state index in [0.29, 0.717) is 0 Å². The molecule has 0 bridgehead atoms. The summed E-state index contributed by atoms with van der Waals surface area (Å²) in [4.78, 5) is 0. The fraction of sp³-hybridized carbons (Fsp3) is 0.538. The van der Waals surface area contributed by atoms with E-state index in [1.54, 1.807) is 12.1 Å². The van der Waals surface area contributed by atoms with Gasteiger partial charge in [-0.1, -0.05) is 12.1 Å². The van der Waals surface area contributed by atoms with Gasteiger partial charge in [-0.2, -0.15) is 0 Å². The highest BCUT2D eigenvalue weighted by Gasteiger charge is 2.36. The molecule has 0 heterocycles. The van der Waals surface area contributed by atoms with Crippen LogP contribution in [0.25, 0.3) is 0 Å². The summed E-state index contributed by atoms with van der Waals surface area (Å²) in [5, 5.41) is 10.4. The predicted octanol–water partition coefficient (Wildman–Crippen LogP) is 2.52. The molecule has 1 aromatic carbocycles. The van der Waals surface area contributed by atoms with Crippen LogP contribution >= 0.6 is 0 Å². The molecule has 0 fully saturated rings. The second-order valence-corrected chi connectivity index (χ2v) is 7.77. The lowest BCUT2D eigenvalue weighted by Gasteiger charge is -2.31. The molecule has 17 heavy (non-hydrogen) atoms. The summed E-state index contributed by atoms with van der Waals surface area (Å²) >= 11 is 0. The Morgan fingerprint density at radius 3 is 1.71 bits per heavy atom. The fourth-order valence-corrected chi connectivity index (χ4v) is 4.73. The Balaban J connectivity index is 3.00. The van der Waals surface area contributed by atoms with Gasteiger partial charge >= 0.3 is 8.56 Å². The molecule has 0 saturated heterocycles. The molecule has 0 saturated carbocycles. The zero-order chi connectivity index (χ0) is 13.1. The van der Waals surface area contributed by atoms with E-state index in [0.717, 1.165) is 5.19 Å². The van der Waals surface area contributed by atoms with Gasteiger partial charge in [0.2, 0.25) is 0 Å². The topological polar surface area (TPSA) is 38.7 Å². The van der Waals surface area contributed by atoms with Crippen LogP contribution in [0.4, 0.5) is 0 Å². The summed E-state index contributed by atoms with van der Waals surface area (Å²) in [6.45, 7) is 10.1. The number of hydrogen-bond donors (Lipinski definition) is 1. The van der Waals surface area contributed by atoms with E-state index < -0.39 is 8.56 Å². The summed E-state index contributed by atoms with van der Waals surface area (Å²) in [6, 6.07) is 7.11. The van der Waals surface area contributed by atoms with E-state index in [2.05, 4.69) is 0 Å². The van der Waals surface area contributed by atoms with Crippen LogP contribution in [0.3, 0.4) is 0 Å². The van der Waals surface area contributed by atoms with Crippen molar-refractivity contribution in [3.8, 4) is 5.75 Å². The fourth-order valence-electron chi connectivity index (χ4n) is 1.83. The van der Waals surface area contributed by atoms with Crippen LogP contribution in [-0.4, -0.2) is 25.9 Å². The van der Waals surface area contributed by atoms with E-state index >= 15 is 0 Å². The number of rotatable bonds is 5. The molecule has 1 rings (SSSR count). The van der Waals surface area contributed by atoms with Gasteiger partial charge in [0.25, 0.3) is 0 Å². The lowest BCUT2D eigenvalue weighted by atomic mass is 10.3. The van der Waals surface area contributed by atoms with Gasteiger partial charge in [-0.3, -0.25) is 0 Å². The number of aromatic hydroxyl groups is 1. The number of benzene rings is 1. The number of phenolic OH excluding ortho intramolecular Hbond substituents is 1. The molecule has 0 aliphatic heterocycles. The smallest absolute Gasteiger partial charge is 0.369 e. The van der Waals surface area contributed by atoms with E-state index in [1.807, 2.05) is 46.4 Å². The first-order valence-electron chi connectivity index (χ1n) is 5.98. The zero-order valence-corrected chi connectivity index (χ0v) is 12.2. The molecule has 96 valence electrons. The van der Waals surface area contributed by atoms with Gasteiger partial charge in [0.1, 0.15) is 5.75 Å². The number of phenols is 1. The lowest BCUT2D eigenvalue weighted by molar-refractivity contribution is 0.120. The van der Waals surface area contributed by atoms with Gasteiger partial charge in [0.15, 0.2) is 0 Å². The molecule has 3 nitrogen and oxygen atoms in total. The first-order valence-corrected chi connectivity index (χ1v) is 8.30. The van der Waals surface area contributed by atoms with Gasteiger partial charge in [-0.05, 0) is 51.6 Å². The maximum absolute atomic E-state index is 9.32. The van der Waals surface area contributed by atoms with Gasteiger partial charge in [0.05, 0.1) is 0 Å². The number of hydrogen-bond acceptors (Lipinski definition) is 3. The monoisotopic (exact) mass is 254 g/mol. The minimum Gasteiger partial charge on any atom is -0.508 e. The minimum atomic E-state index is -2.39.